The summed E-state index contributed by atoms with van der Waals surface area (Å²) in [5, 5.41) is 3.87. The van der Waals surface area contributed by atoms with E-state index in [1.54, 1.807) is 47.8 Å². The number of rotatable bonds is 4. The van der Waals surface area contributed by atoms with Crippen LogP contribution in [0.1, 0.15) is 40.9 Å². The Morgan fingerprint density at radius 1 is 1.11 bits per heavy atom. The summed E-state index contributed by atoms with van der Waals surface area (Å²) in [5.41, 5.74) is -1.07. The number of benzene rings is 1. The van der Waals surface area contributed by atoms with Crippen molar-refractivity contribution < 1.29 is 27.5 Å². The van der Waals surface area contributed by atoms with Crippen LogP contribution in [0.2, 0.25) is 0 Å². The highest BCUT2D eigenvalue weighted by molar-refractivity contribution is 7.10. The monoisotopic (exact) mass is 397 g/mol. The van der Waals surface area contributed by atoms with Crippen LogP contribution in [-0.2, 0) is 15.1 Å². The first-order valence-electron chi connectivity index (χ1n) is 8.52. The third-order valence-electron chi connectivity index (χ3n) is 4.65. The Bertz CT molecular complexity index is 792. The van der Waals surface area contributed by atoms with Crippen molar-refractivity contribution in [1.82, 2.24) is 5.32 Å². The lowest BCUT2D eigenvalue weighted by molar-refractivity contribution is -0.178. The van der Waals surface area contributed by atoms with Gasteiger partial charge < -0.3 is 10.1 Å². The lowest BCUT2D eigenvalue weighted by atomic mass is 9.77. The van der Waals surface area contributed by atoms with Gasteiger partial charge in [0.25, 0.3) is 0 Å². The summed E-state index contributed by atoms with van der Waals surface area (Å²) < 4.78 is 44.5. The average molecular weight is 397 g/mol. The summed E-state index contributed by atoms with van der Waals surface area (Å²) >= 11 is 1.23. The molecular formula is C19H18F3NO3S. The molecule has 1 saturated carbocycles. The fraction of sp³-hybridized carbons (Fsp3) is 0.368. The molecule has 1 aliphatic rings. The van der Waals surface area contributed by atoms with E-state index in [9.17, 15) is 22.8 Å². The number of hydrogen-bond acceptors (Lipinski definition) is 4. The zero-order valence-corrected chi connectivity index (χ0v) is 15.1. The quantitative estimate of drug-likeness (QED) is 0.777. The van der Waals surface area contributed by atoms with Gasteiger partial charge in [0.2, 0.25) is 0 Å². The maximum absolute atomic E-state index is 13.0. The van der Waals surface area contributed by atoms with E-state index in [0.717, 1.165) is 0 Å². The smallest absolute Gasteiger partial charge is 0.456 e. The molecule has 1 aliphatic carbocycles. The minimum absolute atomic E-state index is 0.266. The summed E-state index contributed by atoms with van der Waals surface area (Å²) in [5.74, 6) is -2.65. The molecule has 2 aromatic rings. The molecule has 1 aromatic heterocycles. The molecule has 0 spiro atoms. The van der Waals surface area contributed by atoms with Gasteiger partial charge in [-0.15, -0.1) is 11.3 Å². The maximum Gasteiger partial charge on any atom is 0.471 e. The third-order valence-corrected chi connectivity index (χ3v) is 5.70. The Morgan fingerprint density at radius 3 is 2.48 bits per heavy atom. The van der Waals surface area contributed by atoms with E-state index in [1.165, 1.54) is 11.3 Å². The number of alkyl halides is 3. The van der Waals surface area contributed by atoms with Gasteiger partial charge in [0.1, 0.15) is 11.6 Å². The first-order chi connectivity index (χ1) is 12.8. The number of thiophene rings is 1. The first kappa shape index (κ1) is 19.4. The van der Waals surface area contributed by atoms with Crippen LogP contribution in [0.3, 0.4) is 0 Å². The molecule has 2 atom stereocenters. The number of nitrogens with one attached hydrogen (secondary N) is 1. The van der Waals surface area contributed by atoms with Crippen molar-refractivity contribution in [3.63, 3.8) is 0 Å². The van der Waals surface area contributed by atoms with Gasteiger partial charge in [-0.2, -0.15) is 13.2 Å². The molecule has 3 rings (SSSR count). The number of carbonyl (C=O) groups excluding carboxylic acids is 2. The van der Waals surface area contributed by atoms with Crippen LogP contribution < -0.4 is 5.32 Å². The van der Waals surface area contributed by atoms with Crippen LogP contribution in [0.4, 0.5) is 13.2 Å². The molecule has 8 heteroatoms. The normalized spacial score (nSPS) is 22.9. The van der Waals surface area contributed by atoms with E-state index in [0.29, 0.717) is 29.7 Å². The lowest BCUT2D eigenvalue weighted by Crippen LogP contribution is -2.59. The number of hydrogen-bond donors (Lipinski definition) is 1. The topological polar surface area (TPSA) is 55.4 Å². The highest BCUT2D eigenvalue weighted by Gasteiger charge is 2.51. The molecule has 144 valence electrons. The molecule has 0 radical (unpaired) electrons. The standard InChI is InChI=1S/C19H18F3NO3S/c20-19(21,22)17(25)23-18(15-10-6-12-27-15)11-5-4-9-14(18)26-16(24)13-7-2-1-3-8-13/h1-3,6-8,10,12,14H,4-5,9,11H2,(H,23,25)/t14-,18+/m1/s1. The Hall–Kier alpha value is -2.35. The zero-order valence-electron chi connectivity index (χ0n) is 14.3. The zero-order chi connectivity index (χ0) is 19.5. The van der Waals surface area contributed by atoms with E-state index in [4.69, 9.17) is 4.74 Å². The highest BCUT2D eigenvalue weighted by atomic mass is 32.1. The third kappa shape index (κ3) is 4.16. The van der Waals surface area contributed by atoms with Gasteiger partial charge in [0.15, 0.2) is 0 Å². The predicted molar refractivity (Wildman–Crippen MR) is 94.3 cm³/mol. The summed E-state index contributed by atoms with van der Waals surface area (Å²) in [6.07, 6.45) is -3.95. The highest BCUT2D eigenvalue weighted by Crippen LogP contribution is 2.42. The number of ether oxygens (including phenoxy) is 1. The van der Waals surface area contributed by atoms with Gasteiger partial charge >= 0.3 is 18.1 Å². The molecule has 1 N–H and O–H groups in total. The van der Waals surface area contributed by atoms with Crippen molar-refractivity contribution in [3.8, 4) is 0 Å². The Morgan fingerprint density at radius 2 is 1.85 bits per heavy atom. The Labute approximate surface area is 158 Å². The molecule has 27 heavy (non-hydrogen) atoms. The Kier molecular flexibility index (Phi) is 5.55. The molecule has 1 amide bonds. The number of carbonyl (C=O) groups is 2. The van der Waals surface area contributed by atoms with Crippen LogP contribution in [0.5, 0.6) is 0 Å². The van der Waals surface area contributed by atoms with Crippen molar-refractivity contribution in [1.29, 1.82) is 0 Å². The minimum atomic E-state index is -5.02. The fourth-order valence-corrected chi connectivity index (χ4v) is 4.32. The summed E-state index contributed by atoms with van der Waals surface area (Å²) in [4.78, 5) is 24.8. The SMILES string of the molecule is O=C(O[C@@H]1CCCC[C@@]1(NC(=O)C(F)(F)F)c1cccs1)c1ccccc1. The van der Waals surface area contributed by atoms with Gasteiger partial charge in [-0.25, -0.2) is 4.79 Å². The van der Waals surface area contributed by atoms with Gasteiger partial charge in [0, 0.05) is 4.88 Å². The van der Waals surface area contributed by atoms with Crippen LogP contribution in [0, 0.1) is 0 Å². The number of halogens is 3. The molecule has 1 aromatic carbocycles. The van der Waals surface area contributed by atoms with Crippen molar-refractivity contribution >= 4 is 23.2 Å². The molecule has 0 saturated heterocycles. The van der Waals surface area contributed by atoms with E-state index in [2.05, 4.69) is 5.32 Å². The van der Waals surface area contributed by atoms with Crippen LogP contribution in [0.15, 0.2) is 47.8 Å². The molecule has 0 bridgehead atoms. The second-order valence-electron chi connectivity index (χ2n) is 6.41. The molecule has 1 heterocycles. The molecular weight excluding hydrogens is 379 g/mol. The predicted octanol–water partition coefficient (Wildman–Crippen LogP) is 4.42. The lowest BCUT2D eigenvalue weighted by Gasteiger charge is -2.43. The van der Waals surface area contributed by atoms with Gasteiger partial charge in [0.05, 0.1) is 5.56 Å². The molecule has 1 fully saturated rings. The van der Waals surface area contributed by atoms with Gasteiger partial charge in [-0.1, -0.05) is 30.7 Å². The van der Waals surface area contributed by atoms with Crippen molar-refractivity contribution in [2.24, 2.45) is 0 Å². The van der Waals surface area contributed by atoms with Crippen LogP contribution >= 0.6 is 11.3 Å². The molecule has 0 unspecified atom stereocenters. The Balaban J connectivity index is 1.93. The maximum atomic E-state index is 13.0. The summed E-state index contributed by atoms with van der Waals surface area (Å²) in [6, 6.07) is 11.6. The van der Waals surface area contributed by atoms with E-state index in [-0.39, 0.29) is 6.42 Å². The molecule has 0 aliphatic heterocycles. The minimum Gasteiger partial charge on any atom is -0.456 e. The second-order valence-corrected chi connectivity index (χ2v) is 7.35. The fourth-order valence-electron chi connectivity index (χ4n) is 3.36. The van der Waals surface area contributed by atoms with Gasteiger partial charge in [-0.3, -0.25) is 4.79 Å². The van der Waals surface area contributed by atoms with Crippen LogP contribution in [-0.4, -0.2) is 24.2 Å². The average Bonchev–Trinajstić information content (AvgIpc) is 3.18. The van der Waals surface area contributed by atoms with Crippen molar-refractivity contribution in [2.45, 2.75) is 43.5 Å². The van der Waals surface area contributed by atoms with E-state index in [1.807, 2.05) is 0 Å². The van der Waals surface area contributed by atoms with E-state index >= 15 is 0 Å². The number of amides is 1. The van der Waals surface area contributed by atoms with Crippen molar-refractivity contribution in [3.05, 3.63) is 58.3 Å². The van der Waals surface area contributed by atoms with Gasteiger partial charge in [-0.05, 0) is 42.8 Å². The van der Waals surface area contributed by atoms with Crippen molar-refractivity contribution in [2.75, 3.05) is 0 Å². The summed E-state index contributed by atoms with van der Waals surface area (Å²) in [6.45, 7) is 0. The van der Waals surface area contributed by atoms with E-state index < -0.39 is 29.7 Å². The van der Waals surface area contributed by atoms with Crippen LogP contribution in [0.25, 0.3) is 0 Å². The summed E-state index contributed by atoms with van der Waals surface area (Å²) in [7, 11) is 0. The first-order valence-corrected chi connectivity index (χ1v) is 9.40. The molecule has 4 nitrogen and oxygen atoms in total. The second kappa shape index (κ2) is 7.72. The number of esters is 1. The largest absolute Gasteiger partial charge is 0.471 e.